The molecular formula is C53H35IN6. The van der Waals surface area contributed by atoms with Crippen LogP contribution in [0.2, 0.25) is 0 Å². The van der Waals surface area contributed by atoms with E-state index in [1.54, 1.807) is 0 Å². The smallest absolute Gasteiger partial charge is 0.164 e. The molecule has 0 aliphatic heterocycles. The second kappa shape index (κ2) is 16.2. The van der Waals surface area contributed by atoms with Crippen molar-refractivity contribution in [3.8, 4) is 90.6 Å². The Morgan fingerprint density at radius 1 is 0.300 bits per heavy atom. The van der Waals surface area contributed by atoms with Gasteiger partial charge in [-0.3, -0.25) is 0 Å². The van der Waals surface area contributed by atoms with Crippen LogP contribution in [0.3, 0.4) is 0 Å². The van der Waals surface area contributed by atoms with E-state index < -0.39 is 0 Å². The number of aromatic nitrogens is 6. The molecule has 60 heavy (non-hydrogen) atoms. The summed E-state index contributed by atoms with van der Waals surface area (Å²) in [6.45, 7) is 2.08. The predicted octanol–water partition coefficient (Wildman–Crippen LogP) is 13.5. The molecule has 0 bridgehead atoms. The predicted molar refractivity (Wildman–Crippen MR) is 252 cm³/mol. The van der Waals surface area contributed by atoms with Crippen LogP contribution in [0.15, 0.2) is 194 Å². The van der Waals surface area contributed by atoms with E-state index >= 15 is 0 Å². The Kier molecular flexibility index (Phi) is 10.0. The zero-order valence-electron chi connectivity index (χ0n) is 32.5. The lowest BCUT2D eigenvalue weighted by atomic mass is 9.90. The Labute approximate surface area is 362 Å². The molecule has 0 saturated carbocycles. The third kappa shape index (κ3) is 7.58. The van der Waals surface area contributed by atoms with Crippen molar-refractivity contribution in [2.75, 3.05) is 0 Å². The molecule has 0 amide bonds. The van der Waals surface area contributed by atoms with Gasteiger partial charge in [0.15, 0.2) is 34.9 Å². The van der Waals surface area contributed by atoms with Crippen molar-refractivity contribution in [2.24, 2.45) is 0 Å². The summed E-state index contributed by atoms with van der Waals surface area (Å²) in [6, 6.07) is 66.7. The lowest BCUT2D eigenvalue weighted by Gasteiger charge is -2.15. The number of aryl methyl sites for hydroxylation is 1. The molecule has 10 rings (SSSR count). The third-order valence-electron chi connectivity index (χ3n) is 10.5. The molecule has 8 aromatic carbocycles. The molecule has 0 aliphatic carbocycles. The van der Waals surface area contributed by atoms with Crippen molar-refractivity contribution in [3.63, 3.8) is 0 Å². The second-order valence-electron chi connectivity index (χ2n) is 14.6. The summed E-state index contributed by atoms with van der Waals surface area (Å²) in [5.74, 6) is 3.76. The van der Waals surface area contributed by atoms with Crippen LogP contribution in [0.25, 0.3) is 101 Å². The van der Waals surface area contributed by atoms with Crippen molar-refractivity contribution in [2.45, 2.75) is 6.92 Å². The molecule has 7 heteroatoms. The minimum Gasteiger partial charge on any atom is -0.208 e. The van der Waals surface area contributed by atoms with E-state index in [0.29, 0.717) is 34.9 Å². The van der Waals surface area contributed by atoms with Crippen LogP contribution in [0.5, 0.6) is 0 Å². The number of hydrogen-bond donors (Lipinski definition) is 0. The van der Waals surface area contributed by atoms with Gasteiger partial charge in [-0.05, 0) is 86.8 Å². The molecule has 284 valence electrons. The average molecular weight is 883 g/mol. The second-order valence-corrected chi connectivity index (χ2v) is 15.8. The summed E-state index contributed by atoms with van der Waals surface area (Å²) in [6.07, 6.45) is 0. The SMILES string of the molecule is Cc1ccc(-c2nc(-c3ccccc3)nc(-c3cccc(-c4cccc5cccc(-c6cccc(-c7nc(-c8ccccc8)nc(-c8ccc(I)cc8)n7)c6)c45)c3)n2)cc1. The molecule has 10 aromatic rings. The number of benzene rings is 8. The molecular weight excluding hydrogens is 848 g/mol. The molecule has 6 nitrogen and oxygen atoms in total. The number of fused-ring (bicyclic) bond motifs is 1. The number of halogens is 1. The third-order valence-corrected chi connectivity index (χ3v) is 11.2. The van der Waals surface area contributed by atoms with Crippen molar-refractivity contribution in [1.82, 2.24) is 29.9 Å². The van der Waals surface area contributed by atoms with E-state index in [9.17, 15) is 0 Å². The molecule has 0 N–H and O–H groups in total. The number of hydrogen-bond acceptors (Lipinski definition) is 6. The van der Waals surface area contributed by atoms with Crippen molar-refractivity contribution < 1.29 is 0 Å². The lowest BCUT2D eigenvalue weighted by Crippen LogP contribution is -2.00. The molecule has 2 heterocycles. The summed E-state index contributed by atoms with van der Waals surface area (Å²) in [4.78, 5) is 30.0. The van der Waals surface area contributed by atoms with Gasteiger partial charge in [-0.25, -0.2) is 29.9 Å². The summed E-state index contributed by atoms with van der Waals surface area (Å²) in [7, 11) is 0. The number of rotatable bonds is 8. The summed E-state index contributed by atoms with van der Waals surface area (Å²) in [5.41, 5.74) is 11.1. The standard InChI is InChI=1S/C53H35IN6/c1-34-24-26-38(27-25-34)50-55-48(36-12-4-2-5-13-36)57-52(59-50)42-20-8-18-40(32-42)45-22-10-16-35-17-11-23-46(47(35)45)41-19-9-21-43(33-41)53-58-49(37-14-6-3-7-15-37)56-51(60-53)39-28-30-44(54)31-29-39/h2-33H,1H3. The van der Waals surface area contributed by atoms with Crippen molar-refractivity contribution >= 4 is 33.4 Å². The highest BCUT2D eigenvalue weighted by molar-refractivity contribution is 14.1. The van der Waals surface area contributed by atoms with Crippen LogP contribution in [0, 0.1) is 10.5 Å². The lowest BCUT2D eigenvalue weighted by molar-refractivity contribution is 1.07. The minimum absolute atomic E-state index is 0.615. The highest BCUT2D eigenvalue weighted by Crippen LogP contribution is 2.39. The van der Waals surface area contributed by atoms with E-state index in [-0.39, 0.29) is 0 Å². The summed E-state index contributed by atoms with van der Waals surface area (Å²) >= 11 is 2.32. The molecule has 0 saturated heterocycles. The van der Waals surface area contributed by atoms with Gasteiger partial charge in [0.25, 0.3) is 0 Å². The van der Waals surface area contributed by atoms with E-state index in [0.717, 1.165) is 70.0 Å². The van der Waals surface area contributed by atoms with Gasteiger partial charge in [-0.15, -0.1) is 0 Å². The fourth-order valence-electron chi connectivity index (χ4n) is 7.48. The summed E-state index contributed by atoms with van der Waals surface area (Å²) in [5, 5.41) is 2.29. The number of nitrogens with zero attached hydrogens (tertiary/aromatic N) is 6. The van der Waals surface area contributed by atoms with Gasteiger partial charge in [0.1, 0.15) is 0 Å². The Balaban J connectivity index is 1.08. The highest BCUT2D eigenvalue weighted by Gasteiger charge is 2.17. The zero-order valence-corrected chi connectivity index (χ0v) is 34.7. The van der Waals surface area contributed by atoms with Gasteiger partial charge in [-0.1, -0.05) is 175 Å². The fraction of sp³-hybridized carbons (Fsp3) is 0.0189. The quantitative estimate of drug-likeness (QED) is 0.142. The van der Waals surface area contributed by atoms with E-state index in [1.807, 2.05) is 60.7 Å². The van der Waals surface area contributed by atoms with Crippen LogP contribution in [0.4, 0.5) is 0 Å². The minimum atomic E-state index is 0.615. The Hall–Kier alpha value is -7.23. The molecule has 0 radical (unpaired) electrons. The van der Waals surface area contributed by atoms with E-state index in [1.165, 1.54) is 5.56 Å². The van der Waals surface area contributed by atoms with E-state index in [2.05, 4.69) is 163 Å². The Morgan fingerprint density at radius 2 is 0.633 bits per heavy atom. The van der Waals surface area contributed by atoms with Gasteiger partial charge in [0.05, 0.1) is 0 Å². The van der Waals surface area contributed by atoms with Crippen LogP contribution in [0.1, 0.15) is 5.56 Å². The maximum atomic E-state index is 5.05. The molecule has 0 fully saturated rings. The first kappa shape index (κ1) is 37.1. The topological polar surface area (TPSA) is 77.3 Å². The van der Waals surface area contributed by atoms with Crippen LogP contribution in [-0.2, 0) is 0 Å². The maximum absolute atomic E-state index is 5.05. The fourth-order valence-corrected chi connectivity index (χ4v) is 7.84. The first-order valence-corrected chi connectivity index (χ1v) is 20.8. The molecule has 0 atom stereocenters. The average Bonchev–Trinajstić information content (AvgIpc) is 3.32. The van der Waals surface area contributed by atoms with Gasteiger partial charge >= 0.3 is 0 Å². The van der Waals surface area contributed by atoms with Gasteiger partial charge < -0.3 is 0 Å². The highest BCUT2D eigenvalue weighted by atomic mass is 127. The summed E-state index contributed by atoms with van der Waals surface area (Å²) < 4.78 is 1.15. The van der Waals surface area contributed by atoms with Gasteiger partial charge in [-0.2, -0.15) is 0 Å². The van der Waals surface area contributed by atoms with Crippen LogP contribution < -0.4 is 0 Å². The van der Waals surface area contributed by atoms with Gasteiger partial charge in [0, 0.05) is 37.0 Å². The Morgan fingerprint density at radius 3 is 1.07 bits per heavy atom. The molecule has 0 unspecified atom stereocenters. The first-order valence-electron chi connectivity index (χ1n) is 19.7. The first-order chi connectivity index (χ1) is 29.5. The van der Waals surface area contributed by atoms with Crippen molar-refractivity contribution in [3.05, 3.63) is 203 Å². The zero-order chi connectivity index (χ0) is 40.4. The maximum Gasteiger partial charge on any atom is 0.164 e. The molecule has 2 aromatic heterocycles. The van der Waals surface area contributed by atoms with Crippen LogP contribution >= 0.6 is 22.6 Å². The van der Waals surface area contributed by atoms with Gasteiger partial charge in [0.2, 0.25) is 0 Å². The molecule has 0 spiro atoms. The molecule has 0 aliphatic rings. The van der Waals surface area contributed by atoms with E-state index in [4.69, 9.17) is 29.9 Å². The Bertz CT molecular complexity index is 2940. The van der Waals surface area contributed by atoms with Crippen LogP contribution in [-0.4, -0.2) is 29.9 Å². The monoisotopic (exact) mass is 882 g/mol. The largest absolute Gasteiger partial charge is 0.208 e. The van der Waals surface area contributed by atoms with Crippen molar-refractivity contribution in [1.29, 1.82) is 0 Å². The normalized spacial score (nSPS) is 11.2.